The molecule has 4 heteroatoms. The molecule has 0 atom stereocenters. The summed E-state index contributed by atoms with van der Waals surface area (Å²) in [6.07, 6.45) is 1.43. The number of nitrogens with zero attached hydrogens (tertiary/aromatic N) is 1. The normalized spacial score (nSPS) is 10.3. The average molecular weight is 194 g/mol. The first-order valence-corrected chi connectivity index (χ1v) is 4.48. The highest BCUT2D eigenvalue weighted by molar-refractivity contribution is 5.93. The second-order valence-electron chi connectivity index (χ2n) is 3.45. The molecule has 0 aliphatic rings. The fourth-order valence-corrected chi connectivity index (χ4v) is 0.982. The van der Waals surface area contributed by atoms with Crippen molar-refractivity contribution in [3.8, 4) is 0 Å². The predicted octanol–water partition coefficient (Wildman–Crippen LogP) is 0.855. The van der Waals surface area contributed by atoms with E-state index in [0.717, 1.165) is 0 Å². The molecule has 1 aromatic rings. The first kappa shape index (κ1) is 10.5. The number of nitrogens with one attached hydrogen (secondary N) is 1. The third kappa shape index (κ3) is 2.22. The van der Waals surface area contributed by atoms with Gasteiger partial charge in [-0.3, -0.25) is 9.59 Å². The molecule has 0 bridgehead atoms. The van der Waals surface area contributed by atoms with Crippen molar-refractivity contribution in [2.75, 3.05) is 7.05 Å². The Kier molecular flexibility index (Phi) is 3.06. The molecule has 14 heavy (non-hydrogen) atoms. The molecule has 0 unspecified atom stereocenters. The number of hydrogen-bond acceptors (Lipinski definition) is 2. The van der Waals surface area contributed by atoms with E-state index >= 15 is 0 Å². The van der Waals surface area contributed by atoms with Crippen LogP contribution in [0.5, 0.6) is 0 Å². The average Bonchev–Trinajstić information content (AvgIpc) is 2.16. The van der Waals surface area contributed by atoms with Crippen molar-refractivity contribution in [3.63, 3.8) is 0 Å². The van der Waals surface area contributed by atoms with E-state index in [4.69, 9.17) is 0 Å². The van der Waals surface area contributed by atoms with Crippen LogP contribution in [0.15, 0.2) is 23.1 Å². The highest BCUT2D eigenvalue weighted by Gasteiger charge is 2.13. The minimum absolute atomic E-state index is 0.0868. The Morgan fingerprint density at radius 3 is 2.50 bits per heavy atom. The molecular formula is C10H14N2O2. The van der Waals surface area contributed by atoms with Crippen LogP contribution in [-0.2, 0) is 0 Å². The van der Waals surface area contributed by atoms with E-state index in [0.29, 0.717) is 5.56 Å². The quantitative estimate of drug-likeness (QED) is 0.759. The van der Waals surface area contributed by atoms with Crippen molar-refractivity contribution in [1.82, 2.24) is 9.88 Å². The number of carbonyl (C=O) groups is 1. The van der Waals surface area contributed by atoms with Crippen LogP contribution in [-0.4, -0.2) is 28.9 Å². The molecule has 4 nitrogen and oxygen atoms in total. The summed E-state index contributed by atoms with van der Waals surface area (Å²) in [5, 5.41) is 0. The smallest absolute Gasteiger partial charge is 0.255 e. The molecule has 0 aromatic carbocycles. The molecule has 1 heterocycles. The molecule has 0 spiro atoms. The molecule has 76 valence electrons. The lowest BCUT2D eigenvalue weighted by molar-refractivity contribution is 0.0754. The summed E-state index contributed by atoms with van der Waals surface area (Å²) in [7, 11) is 1.73. The van der Waals surface area contributed by atoms with Crippen LogP contribution in [0, 0.1) is 0 Å². The van der Waals surface area contributed by atoms with Gasteiger partial charge in [0.15, 0.2) is 0 Å². The molecule has 0 fully saturated rings. The number of pyridine rings is 1. The minimum Gasteiger partial charge on any atom is -0.339 e. The van der Waals surface area contributed by atoms with E-state index in [2.05, 4.69) is 4.98 Å². The molecule has 0 saturated carbocycles. The summed E-state index contributed by atoms with van der Waals surface area (Å²) in [5.74, 6) is -0.0868. The lowest BCUT2D eigenvalue weighted by Crippen LogP contribution is -2.33. The fourth-order valence-electron chi connectivity index (χ4n) is 0.982. The van der Waals surface area contributed by atoms with Crippen LogP contribution < -0.4 is 5.56 Å². The maximum Gasteiger partial charge on any atom is 0.255 e. The van der Waals surface area contributed by atoms with E-state index in [9.17, 15) is 9.59 Å². The van der Waals surface area contributed by atoms with Crippen LogP contribution in [0.3, 0.4) is 0 Å². The Morgan fingerprint density at radius 2 is 2.07 bits per heavy atom. The summed E-state index contributed by atoms with van der Waals surface area (Å²) in [5.41, 5.74) is 0.301. The molecule has 1 N–H and O–H groups in total. The first-order valence-electron chi connectivity index (χ1n) is 4.48. The van der Waals surface area contributed by atoms with Crippen molar-refractivity contribution < 1.29 is 4.79 Å². The highest BCUT2D eigenvalue weighted by atomic mass is 16.2. The molecule has 0 saturated heterocycles. The summed E-state index contributed by atoms with van der Waals surface area (Å²) < 4.78 is 0. The van der Waals surface area contributed by atoms with Gasteiger partial charge in [-0.25, -0.2) is 0 Å². The SMILES string of the molecule is CC(C)N(C)C(=O)c1ccc(=O)[nH]c1. The second-order valence-corrected chi connectivity index (χ2v) is 3.45. The second kappa shape index (κ2) is 4.09. The number of H-pyrrole nitrogens is 1. The summed E-state index contributed by atoms with van der Waals surface area (Å²) in [4.78, 5) is 26.6. The molecule has 1 rings (SSSR count). The summed E-state index contributed by atoms with van der Waals surface area (Å²) in [6, 6.07) is 3.02. The Balaban J connectivity index is 2.90. The first-order chi connectivity index (χ1) is 6.52. The monoisotopic (exact) mass is 194 g/mol. The van der Waals surface area contributed by atoms with Gasteiger partial charge in [-0.05, 0) is 19.9 Å². The predicted molar refractivity (Wildman–Crippen MR) is 54.3 cm³/mol. The van der Waals surface area contributed by atoms with Gasteiger partial charge in [-0.2, -0.15) is 0 Å². The van der Waals surface area contributed by atoms with Crippen LogP contribution >= 0.6 is 0 Å². The number of rotatable bonds is 2. The number of amides is 1. The van der Waals surface area contributed by atoms with Gasteiger partial charge >= 0.3 is 0 Å². The van der Waals surface area contributed by atoms with E-state index in [1.807, 2.05) is 13.8 Å². The number of hydrogen-bond donors (Lipinski definition) is 1. The topological polar surface area (TPSA) is 53.2 Å². The van der Waals surface area contributed by atoms with Crippen molar-refractivity contribution in [1.29, 1.82) is 0 Å². The minimum atomic E-state index is -0.200. The fraction of sp³-hybridized carbons (Fsp3) is 0.400. The van der Waals surface area contributed by atoms with Crippen LogP contribution in [0.2, 0.25) is 0 Å². The van der Waals surface area contributed by atoms with Crippen molar-refractivity contribution in [2.45, 2.75) is 19.9 Å². The van der Waals surface area contributed by atoms with E-state index in [1.165, 1.54) is 18.3 Å². The third-order valence-electron chi connectivity index (χ3n) is 2.13. The highest BCUT2D eigenvalue weighted by Crippen LogP contribution is 2.03. The van der Waals surface area contributed by atoms with Crippen LogP contribution in [0.25, 0.3) is 0 Å². The molecule has 1 amide bonds. The van der Waals surface area contributed by atoms with Crippen molar-refractivity contribution >= 4 is 5.91 Å². The molecule has 0 aliphatic heterocycles. The van der Waals surface area contributed by atoms with Gasteiger partial charge in [0.1, 0.15) is 0 Å². The van der Waals surface area contributed by atoms with E-state index in [-0.39, 0.29) is 17.5 Å². The van der Waals surface area contributed by atoms with Gasteiger partial charge in [-0.15, -0.1) is 0 Å². The van der Waals surface area contributed by atoms with E-state index in [1.54, 1.807) is 11.9 Å². The van der Waals surface area contributed by atoms with Gasteiger partial charge in [0.2, 0.25) is 5.56 Å². The molecule has 0 radical (unpaired) electrons. The summed E-state index contributed by atoms with van der Waals surface area (Å²) >= 11 is 0. The number of aromatic nitrogens is 1. The zero-order valence-corrected chi connectivity index (χ0v) is 8.57. The van der Waals surface area contributed by atoms with Crippen molar-refractivity contribution in [2.24, 2.45) is 0 Å². The lowest BCUT2D eigenvalue weighted by Gasteiger charge is -2.21. The van der Waals surface area contributed by atoms with Gasteiger partial charge in [-0.1, -0.05) is 0 Å². The Labute approximate surface area is 82.6 Å². The third-order valence-corrected chi connectivity index (χ3v) is 2.13. The Bertz CT molecular complexity index is 361. The van der Waals surface area contributed by atoms with Crippen molar-refractivity contribution in [3.05, 3.63) is 34.2 Å². The molecule has 1 aromatic heterocycles. The zero-order valence-electron chi connectivity index (χ0n) is 8.57. The Morgan fingerprint density at radius 1 is 1.43 bits per heavy atom. The van der Waals surface area contributed by atoms with Gasteiger partial charge in [0.25, 0.3) is 5.91 Å². The molecular weight excluding hydrogens is 180 g/mol. The van der Waals surface area contributed by atoms with Crippen LogP contribution in [0.4, 0.5) is 0 Å². The largest absolute Gasteiger partial charge is 0.339 e. The molecule has 0 aliphatic carbocycles. The maximum absolute atomic E-state index is 11.7. The number of carbonyl (C=O) groups excluding carboxylic acids is 1. The zero-order chi connectivity index (χ0) is 10.7. The van der Waals surface area contributed by atoms with Crippen LogP contribution in [0.1, 0.15) is 24.2 Å². The van der Waals surface area contributed by atoms with E-state index < -0.39 is 0 Å². The van der Waals surface area contributed by atoms with Gasteiger partial charge in [0.05, 0.1) is 5.56 Å². The summed E-state index contributed by atoms with van der Waals surface area (Å²) in [6.45, 7) is 3.87. The maximum atomic E-state index is 11.7. The number of aromatic amines is 1. The van der Waals surface area contributed by atoms with Gasteiger partial charge < -0.3 is 9.88 Å². The standard InChI is InChI=1S/C10H14N2O2/c1-7(2)12(3)10(14)8-4-5-9(13)11-6-8/h4-7H,1-3H3,(H,11,13). The lowest BCUT2D eigenvalue weighted by atomic mass is 10.2. The Hall–Kier alpha value is -1.58. The van der Waals surface area contributed by atoms with Gasteiger partial charge in [0, 0.05) is 25.4 Å².